The second-order valence-corrected chi connectivity index (χ2v) is 14.2. The molecule has 0 spiro atoms. The van der Waals surface area contributed by atoms with Crippen LogP contribution in [0.25, 0.3) is 110 Å². The van der Waals surface area contributed by atoms with Crippen LogP contribution in [0.2, 0.25) is 0 Å². The minimum Gasteiger partial charge on any atom is -0.308 e. The van der Waals surface area contributed by atoms with Gasteiger partial charge in [0.1, 0.15) is 5.82 Å². The maximum absolute atomic E-state index is 5.48. The van der Waals surface area contributed by atoms with Crippen molar-refractivity contribution in [2.75, 3.05) is 0 Å². The van der Waals surface area contributed by atoms with E-state index in [1.54, 1.807) is 0 Å². The first-order chi connectivity index (χ1) is 26.8. The van der Waals surface area contributed by atoms with Gasteiger partial charge in [-0.15, -0.1) is 0 Å². The third-order valence-corrected chi connectivity index (χ3v) is 11.2. The van der Waals surface area contributed by atoms with Gasteiger partial charge in [0.2, 0.25) is 0 Å². The van der Waals surface area contributed by atoms with Gasteiger partial charge in [-0.1, -0.05) is 140 Å². The van der Waals surface area contributed by atoms with Gasteiger partial charge in [0.25, 0.3) is 0 Å². The van der Waals surface area contributed by atoms with E-state index in [-0.39, 0.29) is 0 Å². The largest absolute Gasteiger partial charge is 0.308 e. The highest BCUT2D eigenvalue weighted by atomic mass is 15.1. The fraction of sp³-hybridized carbons (Fsp3) is 0. The number of benzene rings is 8. The second kappa shape index (κ2) is 11.1. The van der Waals surface area contributed by atoms with E-state index in [0.717, 1.165) is 33.3 Å². The molecule has 0 N–H and O–H groups in total. The lowest BCUT2D eigenvalue weighted by Crippen LogP contribution is -2.03. The fourth-order valence-corrected chi connectivity index (χ4v) is 8.84. The first kappa shape index (κ1) is 29.3. The lowest BCUT2D eigenvalue weighted by molar-refractivity contribution is 1.08. The summed E-state index contributed by atoms with van der Waals surface area (Å²) >= 11 is 0. The SMILES string of the molecule is c1ccc(-c2ccc(-c3nc(-n4c5ccccc5c5cc6c7cc(-c8ccccc8)ccc7n7c8ccccc8c(c54)c67)c4ccccc4n3)cc2)cc1. The van der Waals surface area contributed by atoms with Crippen LogP contribution in [0.5, 0.6) is 0 Å². The Labute approximate surface area is 310 Å². The highest BCUT2D eigenvalue weighted by molar-refractivity contribution is 6.34. The van der Waals surface area contributed by atoms with Gasteiger partial charge in [-0.3, -0.25) is 4.57 Å². The van der Waals surface area contributed by atoms with Crippen molar-refractivity contribution in [3.05, 3.63) is 182 Å². The standard InChI is InChI=1S/C50H30N4/c1-3-13-31(14-4-1)33-23-25-34(26-24-33)49-51-42-20-10-7-18-37(42)50(52-49)54-43-21-11-8-17-36(43)40-30-41-39-29-35(32-15-5-2-6-16-32)27-28-45(39)53-44-22-12-9-19-38(44)46(47(41)53)48(40)54/h1-30H. The van der Waals surface area contributed by atoms with Crippen molar-refractivity contribution in [2.45, 2.75) is 0 Å². The Bertz CT molecular complexity index is 3410. The van der Waals surface area contributed by atoms with Crippen molar-refractivity contribution in [3.63, 3.8) is 0 Å². The first-order valence-corrected chi connectivity index (χ1v) is 18.4. The lowest BCUT2D eigenvalue weighted by Gasteiger charge is -2.13. The summed E-state index contributed by atoms with van der Waals surface area (Å²) in [6.07, 6.45) is 0. The zero-order valence-corrected chi connectivity index (χ0v) is 29.1. The monoisotopic (exact) mass is 686 g/mol. The van der Waals surface area contributed by atoms with Gasteiger partial charge in [-0.25, -0.2) is 9.97 Å². The highest BCUT2D eigenvalue weighted by Crippen LogP contribution is 2.47. The minimum atomic E-state index is 0.703. The summed E-state index contributed by atoms with van der Waals surface area (Å²) in [7, 11) is 0. The Morgan fingerprint density at radius 1 is 0.333 bits per heavy atom. The van der Waals surface area contributed by atoms with Crippen molar-refractivity contribution in [1.29, 1.82) is 0 Å². The molecule has 4 heteroatoms. The molecule has 250 valence electrons. The smallest absolute Gasteiger partial charge is 0.162 e. The number of hydrogen-bond donors (Lipinski definition) is 0. The summed E-state index contributed by atoms with van der Waals surface area (Å²) in [6, 6.07) is 65.2. The molecule has 0 atom stereocenters. The Kier molecular flexibility index (Phi) is 6.02. The Morgan fingerprint density at radius 2 is 0.889 bits per heavy atom. The van der Waals surface area contributed by atoms with Crippen LogP contribution in [0, 0.1) is 0 Å². The van der Waals surface area contributed by atoms with Crippen molar-refractivity contribution < 1.29 is 0 Å². The number of para-hydroxylation sites is 3. The van der Waals surface area contributed by atoms with Gasteiger partial charge in [0, 0.05) is 43.3 Å². The quantitative estimate of drug-likeness (QED) is 0.185. The first-order valence-electron chi connectivity index (χ1n) is 18.4. The molecule has 0 saturated carbocycles. The molecule has 12 aromatic rings. The molecule has 0 aliphatic rings. The van der Waals surface area contributed by atoms with E-state index >= 15 is 0 Å². The maximum atomic E-state index is 5.48. The van der Waals surface area contributed by atoms with Gasteiger partial charge in [-0.2, -0.15) is 0 Å². The average Bonchev–Trinajstić information content (AvgIpc) is 3.88. The summed E-state index contributed by atoms with van der Waals surface area (Å²) in [4.78, 5) is 10.6. The van der Waals surface area contributed by atoms with E-state index in [0.29, 0.717) is 5.82 Å². The van der Waals surface area contributed by atoms with E-state index in [1.807, 2.05) is 6.07 Å². The molecule has 54 heavy (non-hydrogen) atoms. The molecule has 12 rings (SSSR count). The molecule has 0 fully saturated rings. The predicted molar refractivity (Wildman–Crippen MR) is 225 cm³/mol. The van der Waals surface area contributed by atoms with Crippen molar-refractivity contribution in [1.82, 2.24) is 18.9 Å². The molecule has 0 bridgehead atoms. The molecule has 0 aliphatic heterocycles. The van der Waals surface area contributed by atoms with Crippen molar-refractivity contribution >= 4 is 70.8 Å². The number of nitrogens with zero attached hydrogens (tertiary/aromatic N) is 4. The summed E-state index contributed by atoms with van der Waals surface area (Å²) in [6.45, 7) is 0. The molecule has 0 radical (unpaired) electrons. The van der Waals surface area contributed by atoms with Crippen LogP contribution in [0.3, 0.4) is 0 Å². The Morgan fingerprint density at radius 3 is 1.67 bits per heavy atom. The van der Waals surface area contributed by atoms with E-state index in [2.05, 4.69) is 185 Å². The molecule has 0 saturated heterocycles. The van der Waals surface area contributed by atoms with Crippen LogP contribution in [0.4, 0.5) is 0 Å². The molecule has 4 nitrogen and oxygen atoms in total. The molecular weight excluding hydrogens is 657 g/mol. The molecule has 4 heterocycles. The van der Waals surface area contributed by atoms with Crippen molar-refractivity contribution in [2.24, 2.45) is 0 Å². The molecule has 0 unspecified atom stereocenters. The van der Waals surface area contributed by atoms with Crippen molar-refractivity contribution in [3.8, 4) is 39.5 Å². The van der Waals surface area contributed by atoms with E-state index in [9.17, 15) is 0 Å². The van der Waals surface area contributed by atoms with Gasteiger partial charge in [0.15, 0.2) is 5.82 Å². The topological polar surface area (TPSA) is 35.1 Å². The summed E-state index contributed by atoms with van der Waals surface area (Å²) < 4.78 is 4.88. The molecule has 0 amide bonds. The molecule has 4 aromatic heterocycles. The maximum Gasteiger partial charge on any atom is 0.162 e. The van der Waals surface area contributed by atoms with Crippen LogP contribution in [0.1, 0.15) is 0 Å². The van der Waals surface area contributed by atoms with E-state index < -0.39 is 0 Å². The lowest BCUT2D eigenvalue weighted by atomic mass is 10.00. The van der Waals surface area contributed by atoms with E-state index in [1.165, 1.54) is 71.1 Å². The Hall–Kier alpha value is -7.30. The third-order valence-electron chi connectivity index (χ3n) is 11.2. The van der Waals surface area contributed by atoms with Crippen LogP contribution in [-0.2, 0) is 0 Å². The average molecular weight is 687 g/mol. The second-order valence-electron chi connectivity index (χ2n) is 14.2. The number of fused-ring (bicyclic) bond motifs is 11. The molecular formula is C50H30N4. The van der Waals surface area contributed by atoms with Gasteiger partial charge in [-0.05, 0) is 64.7 Å². The zero-order valence-electron chi connectivity index (χ0n) is 29.1. The zero-order chi connectivity index (χ0) is 35.3. The summed E-state index contributed by atoms with van der Waals surface area (Å²) in [5.74, 6) is 1.58. The Balaban J connectivity index is 1.20. The number of hydrogen-bond acceptors (Lipinski definition) is 2. The molecule has 0 aliphatic carbocycles. The van der Waals surface area contributed by atoms with Gasteiger partial charge >= 0.3 is 0 Å². The highest BCUT2D eigenvalue weighted by Gasteiger charge is 2.26. The molecule has 8 aromatic carbocycles. The third kappa shape index (κ3) is 4.08. The van der Waals surface area contributed by atoms with E-state index in [4.69, 9.17) is 9.97 Å². The minimum absolute atomic E-state index is 0.703. The van der Waals surface area contributed by atoms with Gasteiger partial charge in [0.05, 0.1) is 33.1 Å². The van der Waals surface area contributed by atoms with Crippen LogP contribution >= 0.6 is 0 Å². The summed E-state index contributed by atoms with van der Waals surface area (Å²) in [5.41, 5.74) is 12.6. The fourth-order valence-electron chi connectivity index (χ4n) is 8.84. The normalized spacial score (nSPS) is 12.1. The van der Waals surface area contributed by atoms with Gasteiger partial charge < -0.3 is 4.40 Å². The number of aromatic nitrogens is 4. The predicted octanol–water partition coefficient (Wildman–Crippen LogP) is 12.9. The number of rotatable bonds is 4. The summed E-state index contributed by atoms with van der Waals surface area (Å²) in [5, 5.41) is 8.42. The van der Waals surface area contributed by atoms with Crippen LogP contribution < -0.4 is 0 Å². The van der Waals surface area contributed by atoms with Crippen LogP contribution in [-0.4, -0.2) is 18.9 Å². The van der Waals surface area contributed by atoms with Crippen LogP contribution in [0.15, 0.2) is 182 Å².